The van der Waals surface area contributed by atoms with E-state index in [1.165, 1.54) is 31.3 Å². The molecule has 27 heavy (non-hydrogen) atoms. The van der Waals surface area contributed by atoms with E-state index in [0.717, 1.165) is 12.1 Å². The Bertz CT molecular complexity index is 902. The SMILES string of the molecule is CC1CC(F)(F)C(c2cc(NC(=O)c3ccc(Cl)cn3)ccc2F)N=C1N. The molecule has 3 rings (SSSR count). The van der Waals surface area contributed by atoms with Gasteiger partial charge in [-0.05, 0) is 30.3 Å². The molecule has 0 spiro atoms. The van der Waals surface area contributed by atoms with Crippen LogP contribution in [0.15, 0.2) is 41.5 Å². The van der Waals surface area contributed by atoms with Crippen LogP contribution in [0.25, 0.3) is 0 Å². The van der Waals surface area contributed by atoms with E-state index in [4.69, 9.17) is 17.3 Å². The summed E-state index contributed by atoms with van der Waals surface area (Å²) in [5.41, 5.74) is 5.56. The van der Waals surface area contributed by atoms with E-state index >= 15 is 0 Å². The van der Waals surface area contributed by atoms with Crippen molar-refractivity contribution >= 4 is 29.0 Å². The summed E-state index contributed by atoms with van der Waals surface area (Å²) in [4.78, 5) is 19.9. The number of pyridine rings is 1. The molecule has 0 saturated carbocycles. The van der Waals surface area contributed by atoms with Gasteiger partial charge in [-0.1, -0.05) is 18.5 Å². The van der Waals surface area contributed by atoms with Crippen molar-refractivity contribution in [3.63, 3.8) is 0 Å². The fourth-order valence-corrected chi connectivity index (χ4v) is 2.94. The van der Waals surface area contributed by atoms with Gasteiger partial charge in [0, 0.05) is 29.8 Å². The summed E-state index contributed by atoms with van der Waals surface area (Å²) in [5, 5.41) is 2.86. The summed E-state index contributed by atoms with van der Waals surface area (Å²) < 4.78 is 43.1. The predicted molar refractivity (Wildman–Crippen MR) is 96.7 cm³/mol. The number of benzene rings is 1. The number of amides is 1. The van der Waals surface area contributed by atoms with Gasteiger partial charge in [-0.3, -0.25) is 9.79 Å². The molecule has 0 radical (unpaired) electrons. The molecule has 9 heteroatoms. The first kappa shape index (κ1) is 19.2. The third-order valence-electron chi connectivity index (χ3n) is 4.27. The molecule has 1 amide bonds. The molecule has 3 N–H and O–H groups in total. The summed E-state index contributed by atoms with van der Waals surface area (Å²) in [6.45, 7) is 1.54. The van der Waals surface area contributed by atoms with Gasteiger partial charge in [-0.15, -0.1) is 0 Å². The maximum Gasteiger partial charge on any atom is 0.274 e. The average Bonchev–Trinajstić information content (AvgIpc) is 2.60. The van der Waals surface area contributed by atoms with Crippen molar-refractivity contribution in [3.05, 3.63) is 58.6 Å². The zero-order chi connectivity index (χ0) is 19.8. The van der Waals surface area contributed by atoms with E-state index in [0.29, 0.717) is 5.02 Å². The molecular formula is C18H16ClF3N4O. The highest BCUT2D eigenvalue weighted by molar-refractivity contribution is 6.30. The highest BCUT2D eigenvalue weighted by atomic mass is 35.5. The number of rotatable bonds is 3. The van der Waals surface area contributed by atoms with Gasteiger partial charge < -0.3 is 11.1 Å². The second-order valence-corrected chi connectivity index (χ2v) is 6.81. The third kappa shape index (κ3) is 4.05. The summed E-state index contributed by atoms with van der Waals surface area (Å²) in [6, 6.07) is 4.54. The highest BCUT2D eigenvalue weighted by Crippen LogP contribution is 2.44. The van der Waals surface area contributed by atoms with Gasteiger partial charge in [0.25, 0.3) is 11.8 Å². The Hall–Kier alpha value is -2.61. The summed E-state index contributed by atoms with van der Waals surface area (Å²) in [5.74, 6) is -5.25. The Kier molecular flexibility index (Phi) is 5.10. The fourth-order valence-electron chi connectivity index (χ4n) is 2.83. The maximum absolute atomic E-state index is 14.4. The van der Waals surface area contributed by atoms with Crippen molar-refractivity contribution in [2.45, 2.75) is 25.3 Å². The van der Waals surface area contributed by atoms with Crippen molar-refractivity contribution in [2.75, 3.05) is 5.32 Å². The van der Waals surface area contributed by atoms with Gasteiger partial charge >= 0.3 is 0 Å². The minimum absolute atomic E-state index is 0.0464. The first-order valence-electron chi connectivity index (χ1n) is 8.10. The first-order chi connectivity index (χ1) is 12.7. The van der Waals surface area contributed by atoms with Crippen LogP contribution in [0.2, 0.25) is 5.02 Å². The summed E-state index contributed by atoms with van der Waals surface area (Å²) in [6.07, 6.45) is 0.769. The summed E-state index contributed by atoms with van der Waals surface area (Å²) >= 11 is 5.72. The number of alkyl halides is 2. The maximum atomic E-state index is 14.4. The lowest BCUT2D eigenvalue weighted by Crippen LogP contribution is -2.39. The molecule has 0 aliphatic carbocycles. The van der Waals surface area contributed by atoms with Gasteiger partial charge in [0.1, 0.15) is 17.6 Å². The highest BCUT2D eigenvalue weighted by Gasteiger charge is 2.46. The van der Waals surface area contributed by atoms with E-state index in [1.54, 1.807) is 0 Å². The number of aromatic nitrogens is 1. The van der Waals surface area contributed by atoms with E-state index in [-0.39, 0.29) is 22.8 Å². The number of hydrogen-bond acceptors (Lipinski definition) is 4. The molecule has 2 unspecified atom stereocenters. The monoisotopic (exact) mass is 396 g/mol. The molecule has 5 nitrogen and oxygen atoms in total. The van der Waals surface area contributed by atoms with Gasteiger partial charge in [-0.2, -0.15) is 0 Å². The van der Waals surface area contributed by atoms with E-state index in [9.17, 15) is 18.0 Å². The van der Waals surface area contributed by atoms with Gasteiger partial charge in [0.05, 0.1) is 10.9 Å². The number of anilines is 1. The first-order valence-corrected chi connectivity index (χ1v) is 8.48. The quantitative estimate of drug-likeness (QED) is 0.815. The van der Waals surface area contributed by atoms with Crippen LogP contribution >= 0.6 is 11.6 Å². The molecule has 1 aromatic heterocycles. The number of hydrogen-bond donors (Lipinski definition) is 2. The zero-order valence-electron chi connectivity index (χ0n) is 14.2. The number of nitrogens with one attached hydrogen (secondary N) is 1. The van der Waals surface area contributed by atoms with Crippen molar-refractivity contribution in [1.29, 1.82) is 0 Å². The number of aliphatic imine (C=N–C) groups is 1. The number of carbonyl (C=O) groups excluding carboxylic acids is 1. The number of carbonyl (C=O) groups is 1. The van der Waals surface area contributed by atoms with Crippen LogP contribution in [0.4, 0.5) is 18.9 Å². The number of amidine groups is 1. The van der Waals surface area contributed by atoms with Crippen LogP contribution in [0.5, 0.6) is 0 Å². The van der Waals surface area contributed by atoms with Crippen LogP contribution in [0.3, 0.4) is 0 Å². The molecule has 0 saturated heterocycles. The predicted octanol–water partition coefficient (Wildman–Crippen LogP) is 4.20. The minimum atomic E-state index is -3.26. The van der Waals surface area contributed by atoms with Crippen molar-refractivity contribution < 1.29 is 18.0 Å². The lowest BCUT2D eigenvalue weighted by Gasteiger charge is -2.32. The van der Waals surface area contributed by atoms with Gasteiger partial charge in [-0.25, -0.2) is 18.2 Å². The molecule has 1 aromatic carbocycles. The molecule has 2 atom stereocenters. The Morgan fingerprint density at radius 1 is 1.33 bits per heavy atom. The van der Waals surface area contributed by atoms with E-state index in [1.807, 2.05) is 0 Å². The van der Waals surface area contributed by atoms with Crippen molar-refractivity contribution in [2.24, 2.45) is 16.6 Å². The van der Waals surface area contributed by atoms with E-state index in [2.05, 4.69) is 15.3 Å². The molecule has 2 heterocycles. The third-order valence-corrected chi connectivity index (χ3v) is 4.49. The second-order valence-electron chi connectivity index (χ2n) is 6.37. The second kappa shape index (κ2) is 7.19. The number of nitrogens with zero attached hydrogens (tertiary/aromatic N) is 2. The molecule has 0 fully saturated rings. The van der Waals surface area contributed by atoms with Crippen LogP contribution < -0.4 is 11.1 Å². The molecule has 0 bridgehead atoms. The van der Waals surface area contributed by atoms with Crippen LogP contribution in [0.1, 0.15) is 35.4 Å². The Balaban J connectivity index is 1.90. The molecule has 1 aliphatic heterocycles. The zero-order valence-corrected chi connectivity index (χ0v) is 15.0. The molecular weight excluding hydrogens is 381 g/mol. The minimum Gasteiger partial charge on any atom is -0.387 e. The molecule has 2 aromatic rings. The van der Waals surface area contributed by atoms with Crippen molar-refractivity contribution in [1.82, 2.24) is 4.98 Å². The Labute approximate surface area is 158 Å². The lowest BCUT2D eigenvalue weighted by atomic mass is 9.89. The fraction of sp³-hybridized carbons (Fsp3) is 0.278. The van der Waals surface area contributed by atoms with Gasteiger partial charge in [0.15, 0.2) is 0 Å². The topological polar surface area (TPSA) is 80.4 Å². The van der Waals surface area contributed by atoms with E-state index < -0.39 is 36.0 Å². The normalized spacial score (nSPS) is 21.4. The average molecular weight is 397 g/mol. The smallest absolute Gasteiger partial charge is 0.274 e. The van der Waals surface area contributed by atoms with Crippen LogP contribution in [-0.2, 0) is 0 Å². The molecule has 1 aliphatic rings. The Morgan fingerprint density at radius 2 is 2.07 bits per heavy atom. The molecule has 142 valence electrons. The summed E-state index contributed by atoms with van der Waals surface area (Å²) in [7, 11) is 0. The largest absolute Gasteiger partial charge is 0.387 e. The Morgan fingerprint density at radius 3 is 2.74 bits per heavy atom. The lowest BCUT2D eigenvalue weighted by molar-refractivity contribution is -0.0462. The van der Waals surface area contributed by atoms with Gasteiger partial charge in [0.2, 0.25) is 0 Å². The number of nitrogens with two attached hydrogens (primary N) is 1. The number of halogens is 4. The van der Waals surface area contributed by atoms with Crippen LogP contribution in [-0.4, -0.2) is 22.6 Å². The van der Waals surface area contributed by atoms with Crippen LogP contribution in [0, 0.1) is 11.7 Å². The van der Waals surface area contributed by atoms with Crippen molar-refractivity contribution in [3.8, 4) is 0 Å². The standard InChI is InChI=1S/C18H16ClF3N4O/c1-9-7-18(21,22)15(26-16(9)23)12-6-11(3-4-13(12)20)25-17(27)14-5-2-10(19)8-24-14/h2-6,8-9,15H,7H2,1H3,(H2,23,26)(H,25,27).